The second kappa shape index (κ2) is 5.53. The summed E-state index contributed by atoms with van der Waals surface area (Å²) in [6.07, 6.45) is -4.36. The van der Waals surface area contributed by atoms with Gasteiger partial charge in [0, 0.05) is 6.07 Å². The second-order valence-corrected chi connectivity index (χ2v) is 4.76. The number of halogens is 4. The molecule has 22 heavy (non-hydrogen) atoms. The first kappa shape index (κ1) is 14.7. The smallest absolute Gasteiger partial charge is 0.416 e. The molecule has 0 saturated carbocycles. The predicted octanol–water partition coefficient (Wildman–Crippen LogP) is 5.38. The van der Waals surface area contributed by atoms with Crippen molar-refractivity contribution in [2.45, 2.75) is 12.1 Å². The molecule has 1 heterocycles. The summed E-state index contributed by atoms with van der Waals surface area (Å²) in [5.74, 6) is 1.29. The van der Waals surface area contributed by atoms with E-state index in [2.05, 4.69) is 4.98 Å². The molecule has 7 heteroatoms. The van der Waals surface area contributed by atoms with Gasteiger partial charge in [0.15, 0.2) is 5.58 Å². The van der Waals surface area contributed by atoms with Gasteiger partial charge in [0.25, 0.3) is 0 Å². The Morgan fingerprint density at radius 1 is 1.05 bits per heavy atom. The molecule has 0 aliphatic rings. The Morgan fingerprint density at radius 3 is 2.36 bits per heavy atom. The molecule has 0 saturated heterocycles. The Balaban J connectivity index is 1.83. The molecule has 2 aromatic carbocycles. The van der Waals surface area contributed by atoms with Gasteiger partial charge in [-0.05, 0) is 36.4 Å². The van der Waals surface area contributed by atoms with Gasteiger partial charge in [0.1, 0.15) is 17.0 Å². The molecule has 0 bridgehead atoms. The highest BCUT2D eigenvalue weighted by Crippen LogP contribution is 2.32. The quantitative estimate of drug-likeness (QED) is 0.606. The number of alkyl halides is 4. The third-order valence-electron chi connectivity index (χ3n) is 2.93. The van der Waals surface area contributed by atoms with Crippen molar-refractivity contribution >= 4 is 22.7 Å². The van der Waals surface area contributed by atoms with Crippen molar-refractivity contribution in [1.29, 1.82) is 0 Å². The monoisotopic (exact) mass is 327 g/mol. The largest absolute Gasteiger partial charge is 0.457 e. The first-order valence-corrected chi connectivity index (χ1v) is 6.80. The van der Waals surface area contributed by atoms with E-state index < -0.39 is 11.7 Å². The van der Waals surface area contributed by atoms with Crippen molar-refractivity contribution in [2.24, 2.45) is 0 Å². The third kappa shape index (κ3) is 3.01. The average molecular weight is 328 g/mol. The lowest BCUT2D eigenvalue weighted by atomic mass is 10.2. The Morgan fingerprint density at radius 2 is 1.73 bits per heavy atom. The molecule has 3 nitrogen and oxygen atoms in total. The number of benzene rings is 2. The number of hydrogen-bond donors (Lipinski definition) is 0. The van der Waals surface area contributed by atoms with E-state index in [0.29, 0.717) is 28.5 Å². The number of aromatic nitrogens is 1. The van der Waals surface area contributed by atoms with Crippen LogP contribution in [0, 0.1) is 0 Å². The molecule has 0 fully saturated rings. The summed E-state index contributed by atoms with van der Waals surface area (Å²) in [5.41, 5.74) is 0.411. The molecule has 0 atom stereocenters. The van der Waals surface area contributed by atoms with E-state index in [1.54, 1.807) is 18.2 Å². The lowest BCUT2D eigenvalue weighted by Gasteiger charge is -2.08. The Bertz CT molecular complexity index is 797. The number of ether oxygens (including phenoxy) is 1. The van der Waals surface area contributed by atoms with Crippen molar-refractivity contribution in [2.75, 3.05) is 0 Å². The summed E-state index contributed by atoms with van der Waals surface area (Å²) < 4.78 is 48.3. The molecular weight excluding hydrogens is 319 g/mol. The van der Waals surface area contributed by atoms with E-state index in [0.717, 1.165) is 12.1 Å². The standard InChI is InChI=1S/C15H9ClF3NO2/c16-8-14-20-12-7-11(5-6-13(12)22-14)21-10-3-1-9(2-4-10)15(17,18)19/h1-7H,8H2. The lowest BCUT2D eigenvalue weighted by molar-refractivity contribution is -0.137. The van der Waals surface area contributed by atoms with Crippen molar-refractivity contribution in [3.63, 3.8) is 0 Å². The van der Waals surface area contributed by atoms with E-state index in [-0.39, 0.29) is 5.88 Å². The van der Waals surface area contributed by atoms with Gasteiger partial charge in [-0.25, -0.2) is 4.98 Å². The number of oxazole rings is 1. The molecular formula is C15H9ClF3NO2. The van der Waals surface area contributed by atoms with Crippen LogP contribution in [0.15, 0.2) is 46.9 Å². The van der Waals surface area contributed by atoms with Crippen LogP contribution >= 0.6 is 11.6 Å². The molecule has 0 amide bonds. The van der Waals surface area contributed by atoms with Crippen LogP contribution in [-0.2, 0) is 12.1 Å². The fourth-order valence-electron chi connectivity index (χ4n) is 1.92. The molecule has 3 aromatic rings. The van der Waals surface area contributed by atoms with E-state index in [1.165, 1.54) is 12.1 Å². The Labute approximate surface area is 128 Å². The molecule has 114 valence electrons. The molecule has 0 aliphatic carbocycles. The normalized spacial score (nSPS) is 11.8. The minimum absolute atomic E-state index is 0.157. The van der Waals surface area contributed by atoms with Crippen LogP contribution in [0.25, 0.3) is 11.1 Å². The summed E-state index contributed by atoms with van der Waals surface area (Å²) >= 11 is 5.64. The van der Waals surface area contributed by atoms with Crippen LogP contribution in [0.3, 0.4) is 0 Å². The van der Waals surface area contributed by atoms with Crippen LogP contribution in [0.1, 0.15) is 11.5 Å². The minimum Gasteiger partial charge on any atom is -0.457 e. The van der Waals surface area contributed by atoms with Crippen molar-refractivity contribution in [3.05, 3.63) is 53.9 Å². The van der Waals surface area contributed by atoms with Gasteiger partial charge in [-0.3, -0.25) is 0 Å². The SMILES string of the molecule is FC(F)(F)c1ccc(Oc2ccc3oc(CCl)nc3c2)cc1. The van der Waals surface area contributed by atoms with Crippen LogP contribution in [0.2, 0.25) is 0 Å². The molecule has 0 unspecified atom stereocenters. The van der Waals surface area contributed by atoms with E-state index in [9.17, 15) is 13.2 Å². The van der Waals surface area contributed by atoms with Crippen molar-refractivity contribution in [1.82, 2.24) is 4.98 Å². The number of hydrogen-bond acceptors (Lipinski definition) is 3. The second-order valence-electron chi connectivity index (χ2n) is 4.49. The van der Waals surface area contributed by atoms with Gasteiger partial charge in [-0.15, -0.1) is 11.6 Å². The van der Waals surface area contributed by atoms with Gasteiger partial charge >= 0.3 is 6.18 Å². The number of rotatable bonds is 3. The maximum Gasteiger partial charge on any atom is 0.416 e. The molecule has 0 spiro atoms. The van der Waals surface area contributed by atoms with Crippen LogP contribution < -0.4 is 4.74 Å². The molecule has 1 aromatic heterocycles. The van der Waals surface area contributed by atoms with Crippen molar-refractivity contribution < 1.29 is 22.3 Å². The number of nitrogens with zero attached hydrogens (tertiary/aromatic N) is 1. The van der Waals surface area contributed by atoms with E-state index in [1.807, 2.05) is 0 Å². The van der Waals surface area contributed by atoms with Crippen LogP contribution in [0.5, 0.6) is 11.5 Å². The molecule has 0 aliphatic heterocycles. The first-order chi connectivity index (χ1) is 10.5. The molecule has 3 rings (SSSR count). The summed E-state index contributed by atoms with van der Waals surface area (Å²) in [5, 5.41) is 0. The average Bonchev–Trinajstić information content (AvgIpc) is 2.89. The third-order valence-corrected chi connectivity index (χ3v) is 3.16. The summed E-state index contributed by atoms with van der Waals surface area (Å²) in [6, 6.07) is 9.40. The summed E-state index contributed by atoms with van der Waals surface area (Å²) in [6.45, 7) is 0. The maximum absolute atomic E-state index is 12.5. The van der Waals surface area contributed by atoms with Gasteiger partial charge in [0.05, 0.1) is 11.4 Å². The van der Waals surface area contributed by atoms with E-state index >= 15 is 0 Å². The van der Waals surface area contributed by atoms with E-state index in [4.69, 9.17) is 20.8 Å². The predicted molar refractivity (Wildman–Crippen MR) is 75.1 cm³/mol. The van der Waals surface area contributed by atoms with Gasteiger partial charge < -0.3 is 9.15 Å². The van der Waals surface area contributed by atoms with Crippen molar-refractivity contribution in [3.8, 4) is 11.5 Å². The Kier molecular flexibility index (Phi) is 3.70. The zero-order chi connectivity index (χ0) is 15.7. The maximum atomic E-state index is 12.5. The number of fused-ring (bicyclic) bond motifs is 1. The van der Waals surface area contributed by atoms with Gasteiger partial charge in [-0.1, -0.05) is 0 Å². The van der Waals surface area contributed by atoms with Crippen LogP contribution in [-0.4, -0.2) is 4.98 Å². The Hall–Kier alpha value is -2.21. The zero-order valence-corrected chi connectivity index (χ0v) is 11.8. The fraction of sp³-hybridized carbons (Fsp3) is 0.133. The summed E-state index contributed by atoms with van der Waals surface area (Å²) in [7, 11) is 0. The first-order valence-electron chi connectivity index (χ1n) is 6.26. The lowest BCUT2D eigenvalue weighted by Crippen LogP contribution is -2.03. The van der Waals surface area contributed by atoms with Gasteiger partial charge in [0.2, 0.25) is 5.89 Å². The van der Waals surface area contributed by atoms with Gasteiger partial charge in [-0.2, -0.15) is 13.2 Å². The highest BCUT2D eigenvalue weighted by molar-refractivity contribution is 6.16. The highest BCUT2D eigenvalue weighted by atomic mass is 35.5. The molecule has 0 N–H and O–H groups in total. The topological polar surface area (TPSA) is 35.3 Å². The highest BCUT2D eigenvalue weighted by Gasteiger charge is 2.30. The minimum atomic E-state index is -4.36. The summed E-state index contributed by atoms with van der Waals surface area (Å²) in [4.78, 5) is 4.15. The van der Waals surface area contributed by atoms with Crippen LogP contribution in [0.4, 0.5) is 13.2 Å². The fourth-order valence-corrected chi connectivity index (χ4v) is 2.04. The molecule has 0 radical (unpaired) electrons. The zero-order valence-electron chi connectivity index (χ0n) is 11.0.